The molecule has 0 saturated carbocycles. The molecule has 2 aromatic rings. The third kappa shape index (κ3) is 5.07. The van der Waals surface area contributed by atoms with E-state index < -0.39 is 5.97 Å². The molecule has 7 heteroatoms. The summed E-state index contributed by atoms with van der Waals surface area (Å²) in [6.07, 6.45) is 1.69. The third-order valence-electron chi connectivity index (χ3n) is 3.82. The molecule has 0 spiro atoms. The maximum Gasteiger partial charge on any atom is 0.358 e. The fraction of sp³-hybridized carbons (Fsp3) is 0.389. The first-order valence-electron chi connectivity index (χ1n) is 8.31. The Morgan fingerprint density at radius 3 is 2.44 bits per heavy atom. The standard InChI is InChI=1S/C18H24N4O3/c1-5-25-17(23)16-10-11-22(21-16)15-8-6-14(7-9-15)20-18(24)19-13(4)12(2)3/h6-13H,5H2,1-4H3,(H2,19,20,24). The number of carbonyl (C=O) groups excluding carboxylic acids is 2. The zero-order valence-electron chi connectivity index (χ0n) is 14.9. The highest BCUT2D eigenvalue weighted by Crippen LogP contribution is 2.14. The van der Waals surface area contributed by atoms with E-state index >= 15 is 0 Å². The van der Waals surface area contributed by atoms with Crippen LogP contribution in [0.1, 0.15) is 38.2 Å². The number of esters is 1. The van der Waals surface area contributed by atoms with Crippen LogP contribution in [0.5, 0.6) is 0 Å². The van der Waals surface area contributed by atoms with E-state index in [4.69, 9.17) is 4.74 Å². The van der Waals surface area contributed by atoms with Gasteiger partial charge in [0.1, 0.15) is 0 Å². The van der Waals surface area contributed by atoms with Crippen LogP contribution in [0.2, 0.25) is 0 Å². The van der Waals surface area contributed by atoms with E-state index in [1.54, 1.807) is 36.0 Å². The molecule has 1 heterocycles. The lowest BCUT2D eigenvalue weighted by molar-refractivity contribution is 0.0519. The number of amides is 2. The van der Waals surface area contributed by atoms with Gasteiger partial charge in [0, 0.05) is 17.9 Å². The summed E-state index contributed by atoms with van der Waals surface area (Å²) in [5.41, 5.74) is 1.71. The Kier molecular flexibility index (Phi) is 6.16. The van der Waals surface area contributed by atoms with Gasteiger partial charge in [-0.3, -0.25) is 0 Å². The summed E-state index contributed by atoms with van der Waals surface area (Å²) in [7, 11) is 0. The minimum absolute atomic E-state index is 0.0876. The highest BCUT2D eigenvalue weighted by atomic mass is 16.5. The Hall–Kier alpha value is -2.83. The van der Waals surface area contributed by atoms with Crippen molar-refractivity contribution in [3.63, 3.8) is 0 Å². The lowest BCUT2D eigenvalue weighted by atomic mass is 10.1. The van der Waals surface area contributed by atoms with Crippen LogP contribution >= 0.6 is 0 Å². The van der Waals surface area contributed by atoms with E-state index in [2.05, 4.69) is 15.7 Å². The first-order valence-corrected chi connectivity index (χ1v) is 8.31. The molecule has 134 valence electrons. The number of anilines is 1. The smallest absolute Gasteiger partial charge is 0.358 e. The van der Waals surface area contributed by atoms with Gasteiger partial charge < -0.3 is 15.4 Å². The van der Waals surface area contributed by atoms with Crippen LogP contribution in [0.15, 0.2) is 36.5 Å². The predicted octanol–water partition coefficient (Wildman–Crippen LogP) is 3.22. The molecule has 0 aliphatic heterocycles. The van der Waals surface area contributed by atoms with E-state index in [9.17, 15) is 9.59 Å². The zero-order chi connectivity index (χ0) is 18.4. The Morgan fingerprint density at radius 1 is 1.16 bits per heavy atom. The molecule has 0 aliphatic rings. The van der Waals surface area contributed by atoms with Crippen LogP contribution in [0, 0.1) is 5.92 Å². The van der Waals surface area contributed by atoms with E-state index in [1.807, 2.05) is 32.9 Å². The quantitative estimate of drug-likeness (QED) is 0.788. The molecule has 25 heavy (non-hydrogen) atoms. The number of carbonyl (C=O) groups is 2. The first-order chi connectivity index (χ1) is 11.9. The van der Waals surface area contributed by atoms with E-state index in [-0.39, 0.29) is 17.8 Å². The SMILES string of the molecule is CCOC(=O)c1ccn(-c2ccc(NC(=O)NC(C)C(C)C)cc2)n1. The Bertz CT molecular complexity index is 722. The molecule has 0 aliphatic carbocycles. The fourth-order valence-corrected chi connectivity index (χ4v) is 2.02. The molecular weight excluding hydrogens is 320 g/mol. The summed E-state index contributed by atoms with van der Waals surface area (Å²) >= 11 is 0. The minimum atomic E-state index is -0.449. The van der Waals surface area contributed by atoms with Crippen LogP contribution in [0.25, 0.3) is 5.69 Å². The van der Waals surface area contributed by atoms with Crippen molar-refractivity contribution >= 4 is 17.7 Å². The predicted molar refractivity (Wildman–Crippen MR) is 96.0 cm³/mol. The molecule has 0 bridgehead atoms. The number of hydrogen-bond donors (Lipinski definition) is 2. The number of rotatable bonds is 6. The number of aromatic nitrogens is 2. The van der Waals surface area contributed by atoms with Crippen molar-refractivity contribution < 1.29 is 14.3 Å². The largest absolute Gasteiger partial charge is 0.461 e. The first kappa shape index (κ1) is 18.5. The molecule has 2 amide bonds. The Labute approximate surface area is 147 Å². The maximum atomic E-state index is 11.9. The molecule has 2 N–H and O–H groups in total. The van der Waals surface area contributed by atoms with E-state index in [0.717, 1.165) is 5.69 Å². The summed E-state index contributed by atoms with van der Waals surface area (Å²) < 4.78 is 6.50. The van der Waals surface area contributed by atoms with Gasteiger partial charge in [-0.05, 0) is 50.1 Å². The Balaban J connectivity index is 2.00. The van der Waals surface area contributed by atoms with Crippen LogP contribution < -0.4 is 10.6 Å². The van der Waals surface area contributed by atoms with Gasteiger partial charge in [-0.15, -0.1) is 0 Å². The number of ether oxygens (including phenoxy) is 1. The van der Waals surface area contributed by atoms with Crippen molar-refractivity contribution in [3.05, 3.63) is 42.2 Å². The van der Waals surface area contributed by atoms with Crippen molar-refractivity contribution in [2.75, 3.05) is 11.9 Å². The van der Waals surface area contributed by atoms with Gasteiger partial charge in [0.05, 0.1) is 12.3 Å². The van der Waals surface area contributed by atoms with Crippen molar-refractivity contribution in [2.24, 2.45) is 5.92 Å². The summed E-state index contributed by atoms with van der Waals surface area (Å²) in [6, 6.07) is 8.63. The number of hydrogen-bond acceptors (Lipinski definition) is 4. The van der Waals surface area contributed by atoms with Crippen molar-refractivity contribution in [1.29, 1.82) is 0 Å². The molecule has 0 fully saturated rings. The number of nitrogens with zero attached hydrogens (tertiary/aromatic N) is 2. The molecule has 1 unspecified atom stereocenters. The minimum Gasteiger partial charge on any atom is -0.461 e. The highest BCUT2D eigenvalue weighted by molar-refractivity contribution is 5.89. The van der Waals surface area contributed by atoms with Crippen molar-refractivity contribution in [1.82, 2.24) is 15.1 Å². The molecule has 0 radical (unpaired) electrons. The van der Waals surface area contributed by atoms with Crippen molar-refractivity contribution in [3.8, 4) is 5.69 Å². The molecular formula is C18H24N4O3. The maximum absolute atomic E-state index is 11.9. The molecule has 2 rings (SSSR count). The van der Waals surface area contributed by atoms with Crippen LogP contribution in [0.3, 0.4) is 0 Å². The fourth-order valence-electron chi connectivity index (χ4n) is 2.02. The molecule has 1 aromatic heterocycles. The van der Waals surface area contributed by atoms with Gasteiger partial charge in [-0.1, -0.05) is 13.8 Å². The van der Waals surface area contributed by atoms with Crippen LogP contribution in [0.4, 0.5) is 10.5 Å². The number of benzene rings is 1. The van der Waals surface area contributed by atoms with Gasteiger partial charge >= 0.3 is 12.0 Å². The average molecular weight is 344 g/mol. The van der Waals surface area contributed by atoms with Gasteiger partial charge in [0.25, 0.3) is 0 Å². The van der Waals surface area contributed by atoms with Gasteiger partial charge in [-0.25, -0.2) is 14.3 Å². The second-order valence-electron chi connectivity index (χ2n) is 6.04. The molecule has 1 aromatic carbocycles. The third-order valence-corrected chi connectivity index (χ3v) is 3.82. The van der Waals surface area contributed by atoms with E-state index in [1.165, 1.54) is 0 Å². The number of nitrogens with one attached hydrogen (secondary N) is 2. The van der Waals surface area contributed by atoms with Gasteiger partial charge in [0.15, 0.2) is 5.69 Å². The molecule has 0 saturated heterocycles. The lowest BCUT2D eigenvalue weighted by Crippen LogP contribution is -2.38. The van der Waals surface area contributed by atoms with Crippen molar-refractivity contribution in [2.45, 2.75) is 33.7 Å². The van der Waals surface area contributed by atoms with Gasteiger partial charge in [-0.2, -0.15) is 5.10 Å². The van der Waals surface area contributed by atoms with Crippen LogP contribution in [-0.4, -0.2) is 34.4 Å². The zero-order valence-corrected chi connectivity index (χ0v) is 14.9. The monoisotopic (exact) mass is 344 g/mol. The lowest BCUT2D eigenvalue weighted by Gasteiger charge is -2.17. The second kappa shape index (κ2) is 8.32. The Morgan fingerprint density at radius 2 is 1.84 bits per heavy atom. The normalized spacial score (nSPS) is 11.9. The van der Waals surface area contributed by atoms with Gasteiger partial charge in [0.2, 0.25) is 0 Å². The summed E-state index contributed by atoms with van der Waals surface area (Å²) in [5, 5.41) is 9.87. The molecule has 1 atom stereocenters. The average Bonchev–Trinajstić information content (AvgIpc) is 3.05. The van der Waals surface area contributed by atoms with E-state index in [0.29, 0.717) is 18.2 Å². The number of urea groups is 1. The summed E-state index contributed by atoms with van der Waals surface area (Å²) in [5.74, 6) is -0.0861. The molecule has 7 nitrogen and oxygen atoms in total. The second-order valence-corrected chi connectivity index (χ2v) is 6.04. The van der Waals surface area contributed by atoms with Crippen LogP contribution in [-0.2, 0) is 4.74 Å². The topological polar surface area (TPSA) is 85.2 Å². The highest BCUT2D eigenvalue weighted by Gasteiger charge is 2.12. The summed E-state index contributed by atoms with van der Waals surface area (Å²) in [4.78, 5) is 23.6. The summed E-state index contributed by atoms with van der Waals surface area (Å²) in [6.45, 7) is 8.12.